The first-order valence-electron chi connectivity index (χ1n) is 5.35. The molecule has 0 aromatic carbocycles. The van der Waals surface area contributed by atoms with Crippen molar-refractivity contribution in [3.63, 3.8) is 0 Å². The summed E-state index contributed by atoms with van der Waals surface area (Å²) in [6, 6.07) is 0. The highest BCUT2D eigenvalue weighted by Crippen LogP contribution is 2.16. The van der Waals surface area contributed by atoms with Gasteiger partial charge in [0.25, 0.3) is 0 Å². The summed E-state index contributed by atoms with van der Waals surface area (Å²) in [6.45, 7) is 4.44. The summed E-state index contributed by atoms with van der Waals surface area (Å²) in [5, 5.41) is 26.6. The lowest BCUT2D eigenvalue weighted by molar-refractivity contribution is 0.0114. The fraction of sp³-hybridized carbons (Fsp3) is 0.800. The fourth-order valence-electron chi connectivity index (χ4n) is 1.42. The number of aliphatic hydroxyl groups excluding tert-OH is 1. The van der Waals surface area contributed by atoms with Crippen LogP contribution in [0.5, 0.6) is 0 Å². The highest BCUT2D eigenvalue weighted by molar-refractivity contribution is 4.93. The van der Waals surface area contributed by atoms with Crippen LogP contribution in [-0.2, 0) is 13.0 Å². The molecule has 5 heteroatoms. The molecule has 0 amide bonds. The average molecular weight is 213 g/mol. The zero-order valence-electron chi connectivity index (χ0n) is 9.35. The second kappa shape index (κ2) is 5.23. The molecule has 86 valence electrons. The summed E-state index contributed by atoms with van der Waals surface area (Å²) in [7, 11) is 0. The normalized spacial score (nSPS) is 12.0. The average Bonchev–Trinajstić information content (AvgIpc) is 2.66. The van der Waals surface area contributed by atoms with E-state index in [4.69, 9.17) is 5.11 Å². The number of hydrogen-bond acceptors (Lipinski definition) is 4. The Bertz CT molecular complexity index is 295. The molecule has 5 nitrogen and oxygen atoms in total. The van der Waals surface area contributed by atoms with Crippen molar-refractivity contribution in [1.29, 1.82) is 0 Å². The van der Waals surface area contributed by atoms with E-state index in [-0.39, 0.29) is 6.61 Å². The van der Waals surface area contributed by atoms with E-state index >= 15 is 0 Å². The molecule has 0 saturated heterocycles. The molecule has 0 aliphatic heterocycles. The first kappa shape index (κ1) is 12.1. The van der Waals surface area contributed by atoms with Crippen LogP contribution in [0.25, 0.3) is 0 Å². The molecule has 1 heterocycles. The molecule has 1 aromatic rings. The van der Waals surface area contributed by atoms with Crippen LogP contribution in [0.3, 0.4) is 0 Å². The second-order valence-corrected chi connectivity index (χ2v) is 3.81. The van der Waals surface area contributed by atoms with E-state index < -0.39 is 5.60 Å². The summed E-state index contributed by atoms with van der Waals surface area (Å²) < 4.78 is 1.64. The molecule has 2 N–H and O–H groups in total. The maximum atomic E-state index is 10.1. The molecule has 1 aromatic heterocycles. The van der Waals surface area contributed by atoms with Gasteiger partial charge >= 0.3 is 0 Å². The zero-order chi connectivity index (χ0) is 11.3. The monoisotopic (exact) mass is 213 g/mol. The van der Waals surface area contributed by atoms with Gasteiger partial charge in [-0.2, -0.15) is 0 Å². The van der Waals surface area contributed by atoms with Crippen LogP contribution < -0.4 is 0 Å². The van der Waals surface area contributed by atoms with E-state index in [1.165, 1.54) is 0 Å². The number of aromatic nitrogens is 3. The lowest BCUT2D eigenvalue weighted by Gasteiger charge is -2.24. The number of rotatable bonds is 6. The molecular weight excluding hydrogens is 194 g/mol. The maximum absolute atomic E-state index is 10.1. The number of nitrogens with zero attached hydrogens (tertiary/aromatic N) is 3. The molecule has 0 fully saturated rings. The van der Waals surface area contributed by atoms with Crippen LogP contribution in [0.15, 0.2) is 6.20 Å². The predicted octanol–water partition coefficient (Wildman–Crippen LogP) is 0.364. The molecule has 0 radical (unpaired) electrons. The summed E-state index contributed by atoms with van der Waals surface area (Å²) >= 11 is 0. The minimum absolute atomic E-state index is 0.0739. The van der Waals surface area contributed by atoms with Crippen molar-refractivity contribution in [3.8, 4) is 0 Å². The lowest BCUT2D eigenvalue weighted by Crippen LogP contribution is -2.32. The third-order valence-electron chi connectivity index (χ3n) is 2.73. The Morgan fingerprint density at radius 1 is 1.40 bits per heavy atom. The first-order chi connectivity index (χ1) is 7.13. The molecule has 0 saturated carbocycles. The fourth-order valence-corrected chi connectivity index (χ4v) is 1.42. The van der Waals surface area contributed by atoms with Gasteiger partial charge in [0.15, 0.2) is 0 Å². The van der Waals surface area contributed by atoms with Gasteiger partial charge in [-0.25, -0.2) is 4.68 Å². The quantitative estimate of drug-likeness (QED) is 0.716. The third kappa shape index (κ3) is 3.28. The van der Waals surface area contributed by atoms with E-state index in [1.54, 1.807) is 10.9 Å². The van der Waals surface area contributed by atoms with Crippen LogP contribution in [0.1, 0.15) is 32.4 Å². The highest BCUT2D eigenvalue weighted by atomic mass is 16.3. The van der Waals surface area contributed by atoms with Gasteiger partial charge < -0.3 is 10.2 Å². The Morgan fingerprint density at radius 2 is 2.07 bits per heavy atom. The second-order valence-electron chi connectivity index (χ2n) is 3.81. The molecule has 0 atom stereocenters. The first-order valence-corrected chi connectivity index (χ1v) is 5.35. The highest BCUT2D eigenvalue weighted by Gasteiger charge is 2.23. The van der Waals surface area contributed by atoms with Gasteiger partial charge in [0.2, 0.25) is 0 Å². The molecule has 1 rings (SSSR count). The molecule has 0 aliphatic rings. The standard InChI is InChI=1S/C10H19N3O2/c1-3-10(15,4-2)8-13-7-9(5-6-14)11-12-13/h7,14-15H,3-6,8H2,1-2H3. The van der Waals surface area contributed by atoms with Crippen molar-refractivity contribution >= 4 is 0 Å². The van der Waals surface area contributed by atoms with E-state index in [1.807, 2.05) is 13.8 Å². The Morgan fingerprint density at radius 3 is 2.60 bits per heavy atom. The minimum atomic E-state index is -0.704. The predicted molar refractivity (Wildman–Crippen MR) is 56.3 cm³/mol. The van der Waals surface area contributed by atoms with Crippen molar-refractivity contribution in [3.05, 3.63) is 11.9 Å². The van der Waals surface area contributed by atoms with E-state index in [2.05, 4.69) is 10.3 Å². The maximum Gasteiger partial charge on any atom is 0.0849 e. The van der Waals surface area contributed by atoms with E-state index in [0.29, 0.717) is 25.8 Å². The lowest BCUT2D eigenvalue weighted by atomic mass is 9.98. The summed E-state index contributed by atoms with van der Waals surface area (Å²) in [4.78, 5) is 0. The SMILES string of the molecule is CCC(O)(CC)Cn1cc(CCO)nn1. The van der Waals surface area contributed by atoms with E-state index in [9.17, 15) is 5.11 Å². The van der Waals surface area contributed by atoms with Crippen LogP contribution in [-0.4, -0.2) is 37.4 Å². The van der Waals surface area contributed by atoms with Crippen molar-refractivity contribution < 1.29 is 10.2 Å². The largest absolute Gasteiger partial charge is 0.396 e. The zero-order valence-corrected chi connectivity index (χ0v) is 9.35. The van der Waals surface area contributed by atoms with Crippen LogP contribution in [0, 0.1) is 0 Å². The topological polar surface area (TPSA) is 71.2 Å². The molecule has 0 spiro atoms. The van der Waals surface area contributed by atoms with E-state index in [0.717, 1.165) is 5.69 Å². The van der Waals surface area contributed by atoms with Gasteiger partial charge in [0.1, 0.15) is 0 Å². The van der Waals surface area contributed by atoms with Gasteiger partial charge in [0, 0.05) is 19.2 Å². The van der Waals surface area contributed by atoms with Crippen LogP contribution in [0.4, 0.5) is 0 Å². The Kier molecular flexibility index (Phi) is 4.23. The van der Waals surface area contributed by atoms with Gasteiger partial charge in [-0.15, -0.1) is 5.10 Å². The molecule has 0 unspecified atom stereocenters. The van der Waals surface area contributed by atoms with Gasteiger partial charge in [-0.3, -0.25) is 0 Å². The Balaban J connectivity index is 2.63. The molecule has 0 bridgehead atoms. The summed E-state index contributed by atoms with van der Waals surface area (Å²) in [6.07, 6.45) is 3.67. The van der Waals surface area contributed by atoms with Crippen molar-refractivity contribution in [1.82, 2.24) is 15.0 Å². The van der Waals surface area contributed by atoms with Crippen molar-refractivity contribution in [2.24, 2.45) is 0 Å². The van der Waals surface area contributed by atoms with Crippen molar-refractivity contribution in [2.75, 3.05) is 6.61 Å². The Hall–Kier alpha value is -0.940. The molecule has 15 heavy (non-hydrogen) atoms. The van der Waals surface area contributed by atoms with Gasteiger partial charge in [-0.1, -0.05) is 19.1 Å². The minimum Gasteiger partial charge on any atom is -0.396 e. The molecular formula is C10H19N3O2. The number of aliphatic hydroxyl groups is 2. The van der Waals surface area contributed by atoms with Crippen LogP contribution >= 0.6 is 0 Å². The summed E-state index contributed by atoms with van der Waals surface area (Å²) in [5.74, 6) is 0. The van der Waals surface area contributed by atoms with Crippen LogP contribution in [0.2, 0.25) is 0 Å². The van der Waals surface area contributed by atoms with Gasteiger partial charge in [0.05, 0.1) is 17.8 Å². The summed E-state index contributed by atoms with van der Waals surface area (Å²) in [5.41, 5.74) is 0.0524. The molecule has 0 aliphatic carbocycles. The Labute approximate surface area is 89.7 Å². The smallest absolute Gasteiger partial charge is 0.0849 e. The van der Waals surface area contributed by atoms with Gasteiger partial charge in [-0.05, 0) is 12.8 Å². The third-order valence-corrected chi connectivity index (χ3v) is 2.73. The van der Waals surface area contributed by atoms with Crippen molar-refractivity contribution in [2.45, 2.75) is 45.3 Å². The number of hydrogen-bond donors (Lipinski definition) is 2.